The molecule has 0 saturated heterocycles. The molecular formula is C26H25ClO4. The van der Waals surface area contributed by atoms with Gasteiger partial charge in [0.15, 0.2) is 5.78 Å². The van der Waals surface area contributed by atoms with Crippen LogP contribution in [0.2, 0.25) is 5.02 Å². The summed E-state index contributed by atoms with van der Waals surface area (Å²) in [6, 6.07) is 16.7. The number of ketones is 1. The van der Waals surface area contributed by atoms with Crippen LogP contribution < -0.4 is 14.2 Å². The molecule has 3 aromatic rings. The Morgan fingerprint density at radius 1 is 0.935 bits per heavy atom. The van der Waals surface area contributed by atoms with Crippen molar-refractivity contribution in [3.05, 3.63) is 93.5 Å². The van der Waals surface area contributed by atoms with Gasteiger partial charge in [-0.1, -0.05) is 35.9 Å². The van der Waals surface area contributed by atoms with Gasteiger partial charge in [-0.25, -0.2) is 0 Å². The van der Waals surface area contributed by atoms with Crippen molar-refractivity contribution in [1.29, 1.82) is 0 Å². The van der Waals surface area contributed by atoms with E-state index in [4.69, 9.17) is 25.8 Å². The van der Waals surface area contributed by atoms with E-state index >= 15 is 0 Å². The van der Waals surface area contributed by atoms with Crippen LogP contribution in [0.1, 0.15) is 32.6 Å². The first-order chi connectivity index (χ1) is 14.9. The monoisotopic (exact) mass is 436 g/mol. The number of hydrogen-bond donors (Lipinski definition) is 0. The first-order valence-electron chi connectivity index (χ1n) is 9.84. The van der Waals surface area contributed by atoms with Gasteiger partial charge in [0.1, 0.15) is 23.9 Å². The number of para-hydroxylation sites is 1. The van der Waals surface area contributed by atoms with Gasteiger partial charge in [0.2, 0.25) is 0 Å². The number of halogens is 1. The Labute approximate surface area is 188 Å². The van der Waals surface area contributed by atoms with E-state index < -0.39 is 0 Å². The third kappa shape index (κ3) is 5.47. The zero-order valence-electron chi connectivity index (χ0n) is 18.1. The average molecular weight is 437 g/mol. The number of hydrogen-bond acceptors (Lipinski definition) is 4. The van der Waals surface area contributed by atoms with Crippen LogP contribution >= 0.6 is 11.6 Å². The first-order valence-corrected chi connectivity index (χ1v) is 10.2. The highest BCUT2D eigenvalue weighted by molar-refractivity contribution is 6.32. The molecule has 0 aliphatic carbocycles. The summed E-state index contributed by atoms with van der Waals surface area (Å²) in [4.78, 5) is 12.6. The molecule has 0 aliphatic heterocycles. The number of methoxy groups -OCH3 is 2. The van der Waals surface area contributed by atoms with Crippen LogP contribution in [0.3, 0.4) is 0 Å². The van der Waals surface area contributed by atoms with Gasteiger partial charge < -0.3 is 14.2 Å². The molecule has 3 aromatic carbocycles. The summed E-state index contributed by atoms with van der Waals surface area (Å²) >= 11 is 6.24. The van der Waals surface area contributed by atoms with E-state index in [1.165, 1.54) is 6.08 Å². The van der Waals surface area contributed by atoms with E-state index in [9.17, 15) is 4.79 Å². The van der Waals surface area contributed by atoms with Crippen LogP contribution in [0.5, 0.6) is 17.2 Å². The number of carbonyl (C=O) groups excluding carboxylic acids is 1. The number of aryl methyl sites for hydroxylation is 2. The molecule has 4 nitrogen and oxygen atoms in total. The van der Waals surface area contributed by atoms with Crippen molar-refractivity contribution < 1.29 is 19.0 Å². The maximum Gasteiger partial charge on any atom is 0.189 e. The lowest BCUT2D eigenvalue weighted by Gasteiger charge is -2.13. The average Bonchev–Trinajstić information content (AvgIpc) is 2.79. The second-order valence-corrected chi connectivity index (χ2v) is 7.51. The summed E-state index contributed by atoms with van der Waals surface area (Å²) in [5.74, 6) is 1.89. The van der Waals surface area contributed by atoms with E-state index in [2.05, 4.69) is 0 Å². The Balaban J connectivity index is 1.79. The van der Waals surface area contributed by atoms with Gasteiger partial charge in [-0.15, -0.1) is 0 Å². The van der Waals surface area contributed by atoms with Crippen LogP contribution in [0.15, 0.2) is 60.7 Å². The number of carbonyl (C=O) groups is 1. The molecule has 0 spiro atoms. The molecule has 3 rings (SSSR count). The summed E-state index contributed by atoms with van der Waals surface area (Å²) in [5, 5.41) is 0.747. The minimum absolute atomic E-state index is 0.127. The number of rotatable bonds is 8. The second-order valence-electron chi connectivity index (χ2n) is 7.13. The molecule has 0 saturated carbocycles. The van der Waals surface area contributed by atoms with Crippen LogP contribution in [0.25, 0.3) is 6.08 Å². The lowest BCUT2D eigenvalue weighted by molar-refractivity contribution is 0.104. The molecule has 0 amide bonds. The molecule has 0 bridgehead atoms. The molecule has 0 atom stereocenters. The fourth-order valence-corrected chi connectivity index (χ4v) is 3.38. The normalized spacial score (nSPS) is 10.9. The van der Waals surface area contributed by atoms with Crippen molar-refractivity contribution in [2.75, 3.05) is 14.2 Å². The van der Waals surface area contributed by atoms with Gasteiger partial charge in [0.25, 0.3) is 0 Å². The fraction of sp³-hybridized carbons (Fsp3) is 0.192. The first kappa shape index (κ1) is 22.4. The van der Waals surface area contributed by atoms with Crippen molar-refractivity contribution in [2.24, 2.45) is 0 Å². The molecule has 5 heteroatoms. The Hall–Kier alpha value is -3.24. The lowest BCUT2D eigenvalue weighted by atomic mass is 10.1. The van der Waals surface area contributed by atoms with Gasteiger partial charge in [0.05, 0.1) is 19.8 Å². The minimum Gasteiger partial charge on any atom is -0.496 e. The van der Waals surface area contributed by atoms with E-state index in [1.807, 2.05) is 56.3 Å². The van der Waals surface area contributed by atoms with Crippen molar-refractivity contribution in [1.82, 2.24) is 0 Å². The quantitative estimate of drug-likeness (QED) is 0.300. The Morgan fingerprint density at radius 2 is 1.61 bits per heavy atom. The maximum absolute atomic E-state index is 12.6. The SMILES string of the molecule is COc1ccc(/C=C/C(=O)c2ccccc2OC)cc1COc1cc(C)c(Cl)c(C)c1. The van der Waals surface area contributed by atoms with Gasteiger partial charge in [-0.2, -0.15) is 0 Å². The second kappa shape index (κ2) is 10.2. The molecule has 0 unspecified atom stereocenters. The largest absolute Gasteiger partial charge is 0.496 e. The smallest absolute Gasteiger partial charge is 0.189 e. The lowest BCUT2D eigenvalue weighted by Crippen LogP contribution is -2.00. The predicted molar refractivity (Wildman–Crippen MR) is 125 cm³/mol. The fourth-order valence-electron chi connectivity index (χ4n) is 3.28. The zero-order valence-corrected chi connectivity index (χ0v) is 18.8. The summed E-state index contributed by atoms with van der Waals surface area (Å²) in [7, 11) is 3.17. The highest BCUT2D eigenvalue weighted by Gasteiger charge is 2.10. The molecule has 0 N–H and O–H groups in total. The third-order valence-electron chi connectivity index (χ3n) is 4.91. The minimum atomic E-state index is -0.127. The van der Waals surface area contributed by atoms with E-state index in [1.54, 1.807) is 32.4 Å². The Bertz CT molecular complexity index is 1100. The predicted octanol–water partition coefficient (Wildman–Crippen LogP) is 6.45. The molecule has 0 fully saturated rings. The van der Waals surface area contributed by atoms with Crippen molar-refractivity contribution in [3.63, 3.8) is 0 Å². The highest BCUT2D eigenvalue weighted by atomic mass is 35.5. The van der Waals surface area contributed by atoms with Crippen LogP contribution in [0, 0.1) is 13.8 Å². The van der Waals surface area contributed by atoms with Gasteiger partial charge in [-0.3, -0.25) is 4.79 Å². The molecule has 31 heavy (non-hydrogen) atoms. The summed E-state index contributed by atoms with van der Waals surface area (Å²) in [6.45, 7) is 4.23. The van der Waals surface area contributed by atoms with Crippen molar-refractivity contribution >= 4 is 23.5 Å². The molecule has 160 valence electrons. The number of benzene rings is 3. The zero-order chi connectivity index (χ0) is 22.4. The molecule has 0 aliphatic rings. The van der Waals surface area contributed by atoms with E-state index in [0.29, 0.717) is 17.9 Å². The molecule has 0 heterocycles. The molecule has 0 aromatic heterocycles. The third-order valence-corrected chi connectivity index (χ3v) is 5.50. The topological polar surface area (TPSA) is 44.8 Å². The van der Waals surface area contributed by atoms with Gasteiger partial charge >= 0.3 is 0 Å². The standard InChI is InChI=1S/C26H25ClO4/c1-17-13-21(14-18(2)26(17)27)31-16-20-15-19(10-12-24(20)29-3)9-11-23(28)22-7-5-6-8-25(22)30-4/h5-15H,16H2,1-4H3/b11-9+. The molecule has 0 radical (unpaired) electrons. The summed E-state index contributed by atoms with van der Waals surface area (Å²) in [6.07, 6.45) is 3.31. The number of allylic oxidation sites excluding steroid dienone is 1. The Kier molecular flexibility index (Phi) is 7.37. The van der Waals surface area contributed by atoms with Gasteiger partial charge in [0, 0.05) is 10.6 Å². The van der Waals surface area contributed by atoms with E-state index in [0.717, 1.165) is 38.8 Å². The summed E-state index contributed by atoms with van der Waals surface area (Å²) < 4.78 is 16.7. The summed E-state index contributed by atoms with van der Waals surface area (Å²) in [5.41, 5.74) is 4.20. The maximum atomic E-state index is 12.6. The van der Waals surface area contributed by atoms with Crippen LogP contribution in [-0.2, 0) is 6.61 Å². The number of ether oxygens (including phenoxy) is 3. The van der Waals surface area contributed by atoms with Crippen molar-refractivity contribution in [3.8, 4) is 17.2 Å². The molecular weight excluding hydrogens is 412 g/mol. The van der Waals surface area contributed by atoms with E-state index in [-0.39, 0.29) is 5.78 Å². The van der Waals surface area contributed by atoms with Gasteiger partial charge in [-0.05, 0) is 73.0 Å². The Morgan fingerprint density at radius 3 is 2.29 bits per heavy atom. The van der Waals surface area contributed by atoms with Crippen molar-refractivity contribution in [2.45, 2.75) is 20.5 Å². The highest BCUT2D eigenvalue weighted by Crippen LogP contribution is 2.28. The van der Waals surface area contributed by atoms with Crippen LogP contribution in [0.4, 0.5) is 0 Å². The van der Waals surface area contributed by atoms with Crippen LogP contribution in [-0.4, -0.2) is 20.0 Å².